The van der Waals surface area contributed by atoms with Crippen molar-refractivity contribution in [2.24, 2.45) is 5.92 Å². The molecule has 5 nitrogen and oxygen atoms in total. The highest BCUT2D eigenvalue weighted by molar-refractivity contribution is 7.86. The summed E-state index contributed by atoms with van der Waals surface area (Å²) in [6.45, 7) is 4.76. The molecule has 3 aliphatic heterocycles. The van der Waals surface area contributed by atoms with Crippen molar-refractivity contribution in [1.82, 2.24) is 13.5 Å². The average molecular weight is 336 g/mol. The van der Waals surface area contributed by atoms with Crippen LogP contribution in [0.2, 0.25) is 0 Å². The van der Waals surface area contributed by atoms with E-state index >= 15 is 0 Å². The summed E-state index contributed by atoms with van der Waals surface area (Å²) in [6, 6.07) is 0.427. The van der Waals surface area contributed by atoms with E-state index in [1.165, 1.54) is 6.42 Å². The van der Waals surface area contributed by atoms with Crippen LogP contribution in [0.1, 0.15) is 32.1 Å². The highest BCUT2D eigenvalue weighted by Gasteiger charge is 2.37. The van der Waals surface area contributed by atoms with Gasteiger partial charge in [-0.3, -0.25) is 4.90 Å². The fraction of sp³-hybridized carbons (Fsp3) is 1.00. The van der Waals surface area contributed by atoms with Crippen molar-refractivity contribution in [3.05, 3.63) is 0 Å². The lowest BCUT2D eigenvalue weighted by atomic mass is 10.0. The predicted molar refractivity (Wildman–Crippen MR) is 84.7 cm³/mol. The van der Waals surface area contributed by atoms with E-state index in [1.807, 2.05) is 0 Å². The molecule has 0 N–H and O–H groups in total. The summed E-state index contributed by atoms with van der Waals surface area (Å²) in [4.78, 5) is 2.47. The number of rotatable bonds is 3. The highest BCUT2D eigenvalue weighted by atomic mass is 35.5. The lowest BCUT2D eigenvalue weighted by Crippen LogP contribution is -2.50. The van der Waals surface area contributed by atoms with Crippen molar-refractivity contribution in [2.75, 3.05) is 45.1 Å². The third kappa shape index (κ3) is 3.39. The first-order valence-corrected chi connectivity index (χ1v) is 10.1. The molecular weight excluding hydrogens is 310 g/mol. The lowest BCUT2D eigenvalue weighted by Gasteiger charge is -2.35. The van der Waals surface area contributed by atoms with Gasteiger partial charge in [0.25, 0.3) is 10.2 Å². The standard InChI is InChI=1S/C14H26ClN3O2S/c15-10-13-4-1-8-17(11-13)21(19,20)18-9-3-7-16-6-2-5-14(16)12-18/h13-14H,1-12H2. The molecule has 0 amide bonds. The van der Waals surface area contributed by atoms with E-state index in [-0.39, 0.29) is 0 Å². The topological polar surface area (TPSA) is 43.9 Å². The zero-order chi connectivity index (χ0) is 14.9. The Morgan fingerprint density at radius 3 is 2.38 bits per heavy atom. The lowest BCUT2D eigenvalue weighted by molar-refractivity contribution is 0.239. The van der Waals surface area contributed by atoms with Gasteiger partial charge >= 0.3 is 0 Å². The molecule has 3 saturated heterocycles. The summed E-state index contributed by atoms with van der Waals surface area (Å²) in [5.74, 6) is 0.868. The second kappa shape index (κ2) is 6.71. The van der Waals surface area contributed by atoms with Crippen LogP contribution in [-0.4, -0.2) is 73.1 Å². The molecule has 2 unspecified atom stereocenters. The molecule has 7 heteroatoms. The molecule has 0 aliphatic carbocycles. The smallest absolute Gasteiger partial charge is 0.282 e. The molecule has 0 saturated carbocycles. The van der Waals surface area contributed by atoms with Crippen molar-refractivity contribution >= 4 is 21.8 Å². The van der Waals surface area contributed by atoms with E-state index in [2.05, 4.69) is 4.90 Å². The first-order chi connectivity index (χ1) is 10.1. The van der Waals surface area contributed by atoms with Crippen LogP contribution in [0.3, 0.4) is 0 Å². The largest absolute Gasteiger partial charge is 0.299 e. The number of fused-ring (bicyclic) bond motifs is 1. The van der Waals surface area contributed by atoms with Gasteiger partial charge in [0.05, 0.1) is 0 Å². The van der Waals surface area contributed by atoms with Gasteiger partial charge in [-0.15, -0.1) is 11.6 Å². The normalized spacial score (nSPS) is 33.8. The quantitative estimate of drug-likeness (QED) is 0.731. The average Bonchev–Trinajstić information content (AvgIpc) is 2.84. The fourth-order valence-electron chi connectivity index (χ4n) is 3.91. The van der Waals surface area contributed by atoms with Gasteiger partial charge in [0.2, 0.25) is 0 Å². The SMILES string of the molecule is O=S(=O)(N1CCCC(CCl)C1)N1CCCN2CCCC2C1. The van der Waals surface area contributed by atoms with Crippen molar-refractivity contribution in [2.45, 2.75) is 38.1 Å². The molecule has 2 atom stereocenters. The van der Waals surface area contributed by atoms with Gasteiger partial charge in [0, 0.05) is 38.1 Å². The maximum absolute atomic E-state index is 12.9. The summed E-state index contributed by atoms with van der Waals surface area (Å²) >= 11 is 5.94. The molecule has 3 heterocycles. The van der Waals surface area contributed by atoms with Crippen molar-refractivity contribution in [1.29, 1.82) is 0 Å². The van der Waals surface area contributed by atoms with Gasteiger partial charge in [-0.25, -0.2) is 0 Å². The third-order valence-corrected chi connectivity index (χ3v) is 7.52. The third-order valence-electron chi connectivity index (χ3n) is 5.12. The Hall–Kier alpha value is 0.120. The van der Waals surface area contributed by atoms with E-state index in [4.69, 9.17) is 11.6 Å². The van der Waals surface area contributed by atoms with Gasteiger partial charge in [0.15, 0.2) is 0 Å². The number of nitrogens with zero attached hydrogens (tertiary/aromatic N) is 3. The minimum Gasteiger partial charge on any atom is -0.299 e. The van der Waals surface area contributed by atoms with Crippen molar-refractivity contribution in [3.63, 3.8) is 0 Å². The van der Waals surface area contributed by atoms with Crippen LogP contribution in [0.5, 0.6) is 0 Å². The van der Waals surface area contributed by atoms with Crippen LogP contribution in [0.15, 0.2) is 0 Å². The molecule has 0 aromatic rings. The zero-order valence-electron chi connectivity index (χ0n) is 12.6. The molecule has 3 rings (SSSR count). The van der Waals surface area contributed by atoms with E-state index in [1.54, 1.807) is 8.61 Å². The Labute approximate surface area is 133 Å². The van der Waals surface area contributed by atoms with Crippen LogP contribution >= 0.6 is 11.6 Å². The fourth-order valence-corrected chi connectivity index (χ4v) is 5.97. The zero-order valence-corrected chi connectivity index (χ0v) is 14.2. The number of alkyl halides is 1. The van der Waals surface area contributed by atoms with Gasteiger partial charge in [-0.05, 0) is 51.1 Å². The van der Waals surface area contributed by atoms with Crippen LogP contribution in [0, 0.1) is 5.92 Å². The first-order valence-electron chi connectivity index (χ1n) is 8.16. The Kier molecular flexibility index (Phi) is 5.11. The summed E-state index contributed by atoms with van der Waals surface area (Å²) in [6.07, 6.45) is 5.27. The maximum atomic E-state index is 12.9. The van der Waals surface area contributed by atoms with Crippen molar-refractivity contribution < 1.29 is 8.42 Å². The molecule has 3 aliphatic rings. The second-order valence-electron chi connectivity index (χ2n) is 6.57. The molecule has 0 radical (unpaired) electrons. The minimum atomic E-state index is -3.31. The molecule has 0 aromatic carbocycles. The van der Waals surface area contributed by atoms with Crippen LogP contribution < -0.4 is 0 Å². The highest BCUT2D eigenvalue weighted by Crippen LogP contribution is 2.26. The maximum Gasteiger partial charge on any atom is 0.282 e. The molecular formula is C14H26ClN3O2S. The summed E-state index contributed by atoms with van der Waals surface area (Å²) in [5, 5.41) is 0. The summed E-state index contributed by atoms with van der Waals surface area (Å²) in [5.41, 5.74) is 0. The van der Waals surface area contributed by atoms with Gasteiger partial charge in [-0.1, -0.05) is 0 Å². The Morgan fingerprint density at radius 1 is 0.905 bits per heavy atom. The van der Waals surface area contributed by atoms with Crippen molar-refractivity contribution in [3.8, 4) is 0 Å². The van der Waals surface area contributed by atoms with E-state index in [0.717, 1.165) is 38.8 Å². The molecule has 122 valence electrons. The number of hydrogen-bond donors (Lipinski definition) is 0. The Morgan fingerprint density at radius 2 is 1.57 bits per heavy atom. The van der Waals surface area contributed by atoms with Gasteiger partial charge < -0.3 is 0 Å². The van der Waals surface area contributed by atoms with Crippen LogP contribution in [0.25, 0.3) is 0 Å². The summed E-state index contributed by atoms with van der Waals surface area (Å²) < 4.78 is 29.3. The molecule has 0 bridgehead atoms. The second-order valence-corrected chi connectivity index (χ2v) is 8.81. The van der Waals surface area contributed by atoms with Gasteiger partial charge in [-0.2, -0.15) is 17.0 Å². The Balaban J connectivity index is 1.71. The number of piperidine rings is 1. The number of halogens is 1. The minimum absolute atomic E-state index is 0.310. The van der Waals surface area contributed by atoms with Crippen LogP contribution in [-0.2, 0) is 10.2 Å². The van der Waals surface area contributed by atoms with Gasteiger partial charge in [0.1, 0.15) is 0 Å². The van der Waals surface area contributed by atoms with E-state index < -0.39 is 10.2 Å². The first kappa shape index (κ1) is 16.0. The van der Waals surface area contributed by atoms with E-state index in [0.29, 0.717) is 44.0 Å². The Bertz CT molecular complexity index is 459. The van der Waals surface area contributed by atoms with E-state index in [9.17, 15) is 8.42 Å². The molecule has 0 aromatic heterocycles. The predicted octanol–water partition coefficient (Wildman–Crippen LogP) is 1.35. The molecule has 3 fully saturated rings. The monoisotopic (exact) mass is 335 g/mol. The number of hydrogen-bond acceptors (Lipinski definition) is 3. The van der Waals surface area contributed by atoms with Crippen LogP contribution in [0.4, 0.5) is 0 Å². The molecule has 21 heavy (non-hydrogen) atoms. The molecule has 0 spiro atoms. The summed E-state index contributed by atoms with van der Waals surface area (Å²) in [7, 11) is -3.31.